The molecule has 2 N–H and O–H groups in total. The van der Waals surface area contributed by atoms with Gasteiger partial charge in [-0.05, 0) is 70.0 Å². The van der Waals surface area contributed by atoms with Crippen LogP contribution in [0.2, 0.25) is 0 Å². The van der Waals surface area contributed by atoms with Crippen LogP contribution in [0.15, 0.2) is 4.99 Å². The van der Waals surface area contributed by atoms with Crippen LogP contribution in [0, 0.1) is 11.8 Å². The summed E-state index contributed by atoms with van der Waals surface area (Å²) in [5, 5.41) is 0. The quantitative estimate of drug-likeness (QED) is 0.626. The predicted octanol–water partition coefficient (Wildman–Crippen LogP) is 2.55. The van der Waals surface area contributed by atoms with Crippen molar-refractivity contribution in [3.8, 4) is 0 Å². The van der Waals surface area contributed by atoms with Crippen LogP contribution in [-0.2, 0) is 0 Å². The van der Waals surface area contributed by atoms with Crippen molar-refractivity contribution >= 4 is 5.96 Å². The summed E-state index contributed by atoms with van der Waals surface area (Å²) in [6.07, 6.45) is 7.78. The molecular weight excluding hydrogens is 260 g/mol. The fourth-order valence-electron chi connectivity index (χ4n) is 3.28. The number of piperidine rings is 2. The first-order valence-corrected chi connectivity index (χ1v) is 8.92. The molecule has 2 rings (SSSR count). The second kappa shape index (κ2) is 8.62. The van der Waals surface area contributed by atoms with Gasteiger partial charge in [0.1, 0.15) is 0 Å². The Kier molecular flexibility index (Phi) is 6.81. The van der Waals surface area contributed by atoms with Gasteiger partial charge in [0.2, 0.25) is 0 Å². The summed E-state index contributed by atoms with van der Waals surface area (Å²) in [4.78, 5) is 9.56. The van der Waals surface area contributed by atoms with Crippen molar-refractivity contribution in [2.24, 2.45) is 22.6 Å². The molecule has 2 saturated heterocycles. The van der Waals surface area contributed by atoms with E-state index >= 15 is 0 Å². The van der Waals surface area contributed by atoms with Gasteiger partial charge >= 0.3 is 0 Å². The predicted molar refractivity (Wildman–Crippen MR) is 90.5 cm³/mol. The first-order valence-electron chi connectivity index (χ1n) is 8.92. The molecule has 0 aromatic heterocycles. The summed E-state index contributed by atoms with van der Waals surface area (Å²) >= 11 is 0. The van der Waals surface area contributed by atoms with Crippen LogP contribution in [0.4, 0.5) is 0 Å². The number of nitrogens with two attached hydrogens (primary N) is 1. The average molecular weight is 294 g/mol. The maximum atomic E-state index is 6.14. The van der Waals surface area contributed by atoms with Gasteiger partial charge < -0.3 is 15.5 Å². The number of hydrogen-bond acceptors (Lipinski definition) is 2. The minimum absolute atomic E-state index is 0.739. The van der Waals surface area contributed by atoms with Crippen LogP contribution < -0.4 is 5.73 Å². The fourth-order valence-corrected chi connectivity index (χ4v) is 3.28. The highest BCUT2D eigenvalue weighted by Gasteiger charge is 2.19. The zero-order valence-corrected chi connectivity index (χ0v) is 14.1. The molecule has 0 radical (unpaired) electrons. The van der Waals surface area contributed by atoms with Gasteiger partial charge in [0.25, 0.3) is 0 Å². The van der Waals surface area contributed by atoms with Gasteiger partial charge in [-0.1, -0.05) is 13.8 Å². The first-order chi connectivity index (χ1) is 10.1. The van der Waals surface area contributed by atoms with Crippen molar-refractivity contribution in [2.45, 2.75) is 52.4 Å². The summed E-state index contributed by atoms with van der Waals surface area (Å²) in [6.45, 7) is 11.5. The Bertz CT molecular complexity index is 313. The highest BCUT2D eigenvalue weighted by atomic mass is 15.3. The van der Waals surface area contributed by atoms with Crippen molar-refractivity contribution in [3.63, 3.8) is 0 Å². The second-order valence-electron chi connectivity index (χ2n) is 7.21. The molecule has 0 amide bonds. The Morgan fingerprint density at radius 1 is 1.10 bits per heavy atom. The van der Waals surface area contributed by atoms with Crippen molar-refractivity contribution in [1.29, 1.82) is 0 Å². The molecule has 2 heterocycles. The van der Waals surface area contributed by atoms with Crippen molar-refractivity contribution in [3.05, 3.63) is 0 Å². The van der Waals surface area contributed by atoms with Gasteiger partial charge in [0, 0.05) is 19.6 Å². The van der Waals surface area contributed by atoms with Gasteiger partial charge in [-0.15, -0.1) is 0 Å². The van der Waals surface area contributed by atoms with E-state index in [0.29, 0.717) is 0 Å². The molecule has 0 bridgehead atoms. The van der Waals surface area contributed by atoms with Crippen LogP contribution in [0.3, 0.4) is 0 Å². The molecule has 2 aliphatic heterocycles. The normalized spacial score (nSPS) is 23.0. The summed E-state index contributed by atoms with van der Waals surface area (Å²) < 4.78 is 0. The monoisotopic (exact) mass is 294 g/mol. The molecular formula is C17H34N4. The second-order valence-corrected chi connectivity index (χ2v) is 7.21. The summed E-state index contributed by atoms with van der Waals surface area (Å²) in [5.41, 5.74) is 6.14. The lowest BCUT2D eigenvalue weighted by Crippen LogP contribution is -2.41. The van der Waals surface area contributed by atoms with E-state index in [9.17, 15) is 0 Å². The van der Waals surface area contributed by atoms with Crippen molar-refractivity contribution in [2.75, 3.05) is 39.3 Å². The Balaban J connectivity index is 1.66. The lowest BCUT2D eigenvalue weighted by atomic mass is 9.96. The first kappa shape index (κ1) is 16.6. The fraction of sp³-hybridized carbons (Fsp3) is 0.941. The van der Waals surface area contributed by atoms with E-state index in [1.54, 1.807) is 0 Å². The van der Waals surface area contributed by atoms with E-state index in [2.05, 4.69) is 28.6 Å². The third-order valence-electron chi connectivity index (χ3n) is 4.92. The molecule has 0 saturated carbocycles. The number of hydrogen-bond donors (Lipinski definition) is 1. The SMILES string of the molecule is CC(C)CCN1CCC(CN=C(N)N2CCCCC2)CC1. The van der Waals surface area contributed by atoms with Gasteiger partial charge in [-0.3, -0.25) is 4.99 Å². The smallest absolute Gasteiger partial charge is 0.191 e. The lowest BCUT2D eigenvalue weighted by molar-refractivity contribution is 0.179. The molecule has 2 fully saturated rings. The molecule has 0 aliphatic carbocycles. The molecule has 2 aliphatic rings. The Morgan fingerprint density at radius 3 is 2.38 bits per heavy atom. The average Bonchev–Trinajstić information content (AvgIpc) is 2.52. The molecule has 4 heteroatoms. The lowest BCUT2D eigenvalue weighted by Gasteiger charge is -2.32. The van der Waals surface area contributed by atoms with Crippen LogP contribution in [-0.4, -0.2) is 55.0 Å². The molecule has 0 aromatic carbocycles. The third kappa shape index (κ3) is 5.85. The molecule has 0 atom stereocenters. The Morgan fingerprint density at radius 2 is 1.76 bits per heavy atom. The standard InChI is InChI=1S/C17H34N4/c1-15(2)6-11-20-12-7-16(8-13-20)14-19-17(18)21-9-4-3-5-10-21/h15-16H,3-14H2,1-2H3,(H2,18,19). The van der Waals surface area contributed by atoms with E-state index in [4.69, 9.17) is 5.73 Å². The largest absolute Gasteiger partial charge is 0.370 e. The van der Waals surface area contributed by atoms with E-state index in [0.717, 1.165) is 37.4 Å². The van der Waals surface area contributed by atoms with Gasteiger partial charge in [-0.2, -0.15) is 0 Å². The molecule has 0 aromatic rings. The number of likely N-dealkylation sites (tertiary alicyclic amines) is 2. The minimum atomic E-state index is 0.739. The highest BCUT2D eigenvalue weighted by Crippen LogP contribution is 2.18. The van der Waals surface area contributed by atoms with E-state index in [1.165, 1.54) is 58.2 Å². The number of guanidine groups is 1. The van der Waals surface area contributed by atoms with Gasteiger partial charge in [0.05, 0.1) is 0 Å². The van der Waals surface area contributed by atoms with Gasteiger partial charge in [-0.25, -0.2) is 0 Å². The maximum Gasteiger partial charge on any atom is 0.191 e. The summed E-state index contributed by atoms with van der Waals surface area (Å²) in [6, 6.07) is 0. The Labute approximate surface area is 130 Å². The summed E-state index contributed by atoms with van der Waals surface area (Å²) in [7, 11) is 0. The van der Waals surface area contributed by atoms with E-state index in [1.807, 2.05) is 0 Å². The summed E-state index contributed by atoms with van der Waals surface area (Å²) in [5.74, 6) is 2.34. The van der Waals surface area contributed by atoms with Crippen LogP contribution in [0.25, 0.3) is 0 Å². The van der Waals surface area contributed by atoms with Crippen LogP contribution in [0.5, 0.6) is 0 Å². The maximum absolute atomic E-state index is 6.14. The molecule has 21 heavy (non-hydrogen) atoms. The van der Waals surface area contributed by atoms with E-state index < -0.39 is 0 Å². The van der Waals surface area contributed by atoms with Crippen LogP contribution >= 0.6 is 0 Å². The molecule has 0 unspecified atom stereocenters. The molecule has 0 spiro atoms. The van der Waals surface area contributed by atoms with Crippen molar-refractivity contribution in [1.82, 2.24) is 9.80 Å². The topological polar surface area (TPSA) is 44.9 Å². The highest BCUT2D eigenvalue weighted by molar-refractivity contribution is 5.78. The number of nitrogens with zero attached hydrogens (tertiary/aromatic N) is 3. The Hall–Kier alpha value is -0.770. The van der Waals surface area contributed by atoms with Crippen LogP contribution in [0.1, 0.15) is 52.4 Å². The van der Waals surface area contributed by atoms with Crippen molar-refractivity contribution < 1.29 is 0 Å². The zero-order chi connectivity index (χ0) is 15.1. The number of rotatable bonds is 5. The van der Waals surface area contributed by atoms with E-state index in [-0.39, 0.29) is 0 Å². The molecule has 122 valence electrons. The molecule has 4 nitrogen and oxygen atoms in total. The minimum Gasteiger partial charge on any atom is -0.370 e. The zero-order valence-electron chi connectivity index (χ0n) is 14.1. The third-order valence-corrected chi connectivity index (χ3v) is 4.92. The number of aliphatic imine (C=N–C) groups is 1. The van der Waals surface area contributed by atoms with Gasteiger partial charge in [0.15, 0.2) is 5.96 Å².